The van der Waals surface area contributed by atoms with E-state index in [4.69, 9.17) is 0 Å². The molecule has 1 amide bonds. The fourth-order valence-electron chi connectivity index (χ4n) is 3.62. The van der Waals surface area contributed by atoms with Gasteiger partial charge in [0.15, 0.2) is 0 Å². The highest BCUT2D eigenvalue weighted by atomic mass is 16.2. The summed E-state index contributed by atoms with van der Waals surface area (Å²) in [6.07, 6.45) is 3.36. The first kappa shape index (κ1) is 13.5. The van der Waals surface area contributed by atoms with E-state index in [0.29, 0.717) is 0 Å². The first-order chi connectivity index (χ1) is 10.7. The predicted octanol–water partition coefficient (Wildman–Crippen LogP) is 1.93. The second kappa shape index (κ2) is 4.92. The number of hydrogen-bond acceptors (Lipinski definition) is 3. The summed E-state index contributed by atoms with van der Waals surface area (Å²) in [6.45, 7) is 3.69. The van der Waals surface area contributed by atoms with Crippen molar-refractivity contribution in [3.8, 4) is 0 Å². The Morgan fingerprint density at radius 3 is 2.91 bits per heavy atom. The van der Waals surface area contributed by atoms with Gasteiger partial charge in [-0.15, -0.1) is 0 Å². The number of pyridine rings is 1. The summed E-state index contributed by atoms with van der Waals surface area (Å²) < 4.78 is 0. The molecule has 2 aliphatic heterocycles. The minimum Gasteiger partial charge on any atom is -0.318 e. The van der Waals surface area contributed by atoms with Gasteiger partial charge in [-0.25, -0.2) is 0 Å². The molecule has 0 radical (unpaired) electrons. The standard InChI is InChI=1S/C18H19N3O/c1-13-4-6-14(7-5-13)11-18-12-16-15(3-2-8-19-16)17(22)21(18)10-9-20-18/h2-8,20H,9-12H2,1H3. The number of fused-ring (bicyclic) bond motifs is 2. The fourth-order valence-corrected chi connectivity index (χ4v) is 3.62. The van der Waals surface area contributed by atoms with Gasteiger partial charge >= 0.3 is 0 Å². The number of nitrogens with one attached hydrogen (secondary N) is 1. The van der Waals surface area contributed by atoms with Gasteiger partial charge in [-0.3, -0.25) is 15.1 Å². The van der Waals surface area contributed by atoms with Crippen LogP contribution in [-0.4, -0.2) is 34.5 Å². The van der Waals surface area contributed by atoms with E-state index in [-0.39, 0.29) is 11.6 Å². The van der Waals surface area contributed by atoms with E-state index in [2.05, 4.69) is 41.5 Å². The van der Waals surface area contributed by atoms with Gasteiger partial charge in [0, 0.05) is 32.1 Å². The van der Waals surface area contributed by atoms with Crippen LogP contribution in [0.3, 0.4) is 0 Å². The highest BCUT2D eigenvalue weighted by Gasteiger charge is 2.48. The van der Waals surface area contributed by atoms with Crippen LogP contribution >= 0.6 is 0 Å². The SMILES string of the molecule is Cc1ccc(CC23Cc4ncccc4C(=O)N2CCN3)cc1. The lowest BCUT2D eigenvalue weighted by atomic mass is 9.88. The van der Waals surface area contributed by atoms with Crippen LogP contribution in [0.2, 0.25) is 0 Å². The molecule has 2 aromatic rings. The van der Waals surface area contributed by atoms with Crippen LogP contribution < -0.4 is 5.32 Å². The Morgan fingerprint density at radius 2 is 2.09 bits per heavy atom. The number of nitrogens with zero attached hydrogens (tertiary/aromatic N) is 2. The summed E-state index contributed by atoms with van der Waals surface area (Å²) in [5.41, 5.74) is 3.84. The van der Waals surface area contributed by atoms with Crippen LogP contribution in [0, 0.1) is 6.92 Å². The predicted molar refractivity (Wildman–Crippen MR) is 84.6 cm³/mol. The zero-order valence-corrected chi connectivity index (χ0v) is 12.7. The smallest absolute Gasteiger partial charge is 0.257 e. The summed E-state index contributed by atoms with van der Waals surface area (Å²) in [5, 5.41) is 3.57. The van der Waals surface area contributed by atoms with Crippen LogP contribution in [0.5, 0.6) is 0 Å². The molecule has 4 nitrogen and oxygen atoms in total. The quantitative estimate of drug-likeness (QED) is 0.920. The van der Waals surface area contributed by atoms with E-state index < -0.39 is 0 Å². The number of aryl methyl sites for hydroxylation is 1. The third-order valence-corrected chi connectivity index (χ3v) is 4.75. The van der Waals surface area contributed by atoms with E-state index in [1.54, 1.807) is 6.20 Å². The lowest BCUT2D eigenvalue weighted by Crippen LogP contribution is -2.59. The number of aromatic nitrogens is 1. The van der Waals surface area contributed by atoms with Gasteiger partial charge in [0.2, 0.25) is 0 Å². The largest absolute Gasteiger partial charge is 0.318 e. The third kappa shape index (κ3) is 2.03. The van der Waals surface area contributed by atoms with Crippen LogP contribution in [0.1, 0.15) is 27.2 Å². The normalized spacial score (nSPS) is 23.3. The zero-order chi connectivity index (χ0) is 15.2. The molecule has 4 rings (SSSR count). The number of carbonyl (C=O) groups is 1. The van der Waals surface area contributed by atoms with Gasteiger partial charge in [-0.1, -0.05) is 29.8 Å². The molecular formula is C18H19N3O. The molecule has 0 bridgehead atoms. The van der Waals surface area contributed by atoms with Crippen molar-refractivity contribution in [2.75, 3.05) is 13.1 Å². The maximum Gasteiger partial charge on any atom is 0.257 e. The van der Waals surface area contributed by atoms with E-state index in [1.807, 2.05) is 17.0 Å². The molecule has 1 fully saturated rings. The van der Waals surface area contributed by atoms with Crippen molar-refractivity contribution in [2.24, 2.45) is 0 Å². The second-order valence-electron chi connectivity index (χ2n) is 6.25. The Kier molecular flexibility index (Phi) is 3.01. The minimum absolute atomic E-state index is 0.103. The Morgan fingerprint density at radius 1 is 1.27 bits per heavy atom. The zero-order valence-electron chi connectivity index (χ0n) is 12.7. The van der Waals surface area contributed by atoms with E-state index in [0.717, 1.165) is 37.2 Å². The van der Waals surface area contributed by atoms with Gasteiger partial charge in [-0.2, -0.15) is 0 Å². The number of rotatable bonds is 2. The summed E-state index contributed by atoms with van der Waals surface area (Å²) in [4.78, 5) is 19.2. The molecule has 0 spiro atoms. The van der Waals surface area contributed by atoms with Gasteiger partial charge in [0.05, 0.1) is 11.3 Å². The van der Waals surface area contributed by atoms with Gasteiger partial charge in [0.25, 0.3) is 5.91 Å². The average molecular weight is 293 g/mol. The van der Waals surface area contributed by atoms with E-state index in [1.165, 1.54) is 11.1 Å². The first-order valence-corrected chi connectivity index (χ1v) is 7.74. The fraction of sp³-hybridized carbons (Fsp3) is 0.333. The first-order valence-electron chi connectivity index (χ1n) is 7.74. The lowest BCUT2D eigenvalue weighted by Gasteiger charge is -2.42. The van der Waals surface area contributed by atoms with E-state index in [9.17, 15) is 4.79 Å². The number of carbonyl (C=O) groups excluding carboxylic acids is 1. The Hall–Kier alpha value is -2.20. The molecule has 1 aromatic carbocycles. The molecule has 112 valence electrons. The maximum absolute atomic E-state index is 12.8. The minimum atomic E-state index is -0.326. The van der Waals surface area contributed by atoms with Gasteiger partial charge in [-0.05, 0) is 24.6 Å². The van der Waals surface area contributed by atoms with Crippen LogP contribution in [0.15, 0.2) is 42.6 Å². The van der Waals surface area contributed by atoms with Gasteiger partial charge in [0.1, 0.15) is 5.66 Å². The summed E-state index contributed by atoms with van der Waals surface area (Å²) >= 11 is 0. The van der Waals surface area contributed by atoms with Crippen molar-refractivity contribution in [2.45, 2.75) is 25.4 Å². The van der Waals surface area contributed by atoms with Gasteiger partial charge < -0.3 is 4.90 Å². The summed E-state index contributed by atoms with van der Waals surface area (Å²) in [5.74, 6) is 0.103. The molecule has 3 heterocycles. The van der Waals surface area contributed by atoms with Crippen LogP contribution in [0.4, 0.5) is 0 Å². The third-order valence-electron chi connectivity index (χ3n) is 4.75. The second-order valence-corrected chi connectivity index (χ2v) is 6.25. The van der Waals surface area contributed by atoms with Crippen molar-refractivity contribution in [3.63, 3.8) is 0 Å². The molecule has 0 saturated carbocycles. The number of benzene rings is 1. The summed E-state index contributed by atoms with van der Waals surface area (Å²) in [6, 6.07) is 12.3. The van der Waals surface area contributed by atoms with Crippen molar-refractivity contribution in [3.05, 3.63) is 65.0 Å². The molecule has 1 aromatic heterocycles. The Bertz CT molecular complexity index is 725. The van der Waals surface area contributed by atoms with Crippen molar-refractivity contribution in [1.82, 2.24) is 15.2 Å². The topological polar surface area (TPSA) is 45.2 Å². The van der Waals surface area contributed by atoms with E-state index >= 15 is 0 Å². The lowest BCUT2D eigenvalue weighted by molar-refractivity contribution is 0.0507. The van der Waals surface area contributed by atoms with Crippen molar-refractivity contribution < 1.29 is 4.79 Å². The highest BCUT2D eigenvalue weighted by Crippen LogP contribution is 2.33. The summed E-state index contributed by atoms with van der Waals surface area (Å²) in [7, 11) is 0. The molecule has 2 aliphatic rings. The Labute approximate surface area is 130 Å². The molecular weight excluding hydrogens is 274 g/mol. The van der Waals surface area contributed by atoms with Crippen molar-refractivity contribution in [1.29, 1.82) is 0 Å². The molecule has 22 heavy (non-hydrogen) atoms. The monoisotopic (exact) mass is 293 g/mol. The Balaban J connectivity index is 1.73. The number of hydrogen-bond donors (Lipinski definition) is 1. The van der Waals surface area contributed by atoms with Crippen molar-refractivity contribution >= 4 is 5.91 Å². The molecule has 1 N–H and O–H groups in total. The molecule has 4 heteroatoms. The highest BCUT2D eigenvalue weighted by molar-refractivity contribution is 5.97. The molecule has 1 saturated heterocycles. The molecule has 0 aliphatic carbocycles. The molecule has 1 atom stereocenters. The maximum atomic E-state index is 12.8. The number of amides is 1. The average Bonchev–Trinajstić information content (AvgIpc) is 2.94. The van der Waals surface area contributed by atoms with Crippen LogP contribution in [0.25, 0.3) is 0 Å². The van der Waals surface area contributed by atoms with Crippen LogP contribution in [-0.2, 0) is 12.8 Å². The molecule has 1 unspecified atom stereocenters.